The number of aromatic nitrogens is 2. The Kier molecular flexibility index (Phi) is 3.70. The predicted molar refractivity (Wildman–Crippen MR) is 66.0 cm³/mol. The van der Waals surface area contributed by atoms with Gasteiger partial charge in [0.25, 0.3) is 0 Å². The van der Waals surface area contributed by atoms with Crippen molar-refractivity contribution < 1.29 is 13.0 Å². The lowest BCUT2D eigenvalue weighted by molar-refractivity contribution is 0.462. The van der Waals surface area contributed by atoms with Crippen molar-refractivity contribution in [3.05, 3.63) is 24.3 Å². The van der Waals surface area contributed by atoms with E-state index < -0.39 is 10.1 Å². The molecule has 0 amide bonds. The first-order valence-electron chi connectivity index (χ1n) is 5.06. The smallest absolute Gasteiger partial charge is 0.166 e. The Morgan fingerprint density at radius 3 is 2.82 bits per heavy atom. The van der Waals surface area contributed by atoms with Crippen LogP contribution in [-0.2, 0) is 10.1 Å². The molecule has 0 aliphatic carbocycles. The summed E-state index contributed by atoms with van der Waals surface area (Å²) in [5.41, 5.74) is 1.83. The molecular formula is C10H11N2O3S2-. The molecule has 7 heteroatoms. The van der Waals surface area contributed by atoms with Gasteiger partial charge in [0.15, 0.2) is 5.16 Å². The summed E-state index contributed by atoms with van der Waals surface area (Å²) in [7, 11) is -4.10. The van der Waals surface area contributed by atoms with Crippen molar-refractivity contribution in [2.24, 2.45) is 0 Å². The van der Waals surface area contributed by atoms with Gasteiger partial charge in [0.05, 0.1) is 21.2 Å². The highest BCUT2D eigenvalue weighted by Gasteiger charge is 2.02. The fourth-order valence-electron chi connectivity index (χ4n) is 1.40. The van der Waals surface area contributed by atoms with Gasteiger partial charge in [-0.15, -0.1) is 0 Å². The molecular weight excluding hydrogens is 260 g/mol. The number of imidazole rings is 1. The maximum Gasteiger partial charge on any atom is 0.166 e. The van der Waals surface area contributed by atoms with Crippen molar-refractivity contribution in [1.82, 2.24) is 9.97 Å². The van der Waals surface area contributed by atoms with Crippen molar-refractivity contribution in [2.45, 2.75) is 11.6 Å². The van der Waals surface area contributed by atoms with Gasteiger partial charge in [0.2, 0.25) is 0 Å². The zero-order valence-corrected chi connectivity index (χ0v) is 10.6. The molecule has 0 atom stereocenters. The topological polar surface area (TPSA) is 85.9 Å². The van der Waals surface area contributed by atoms with Crippen molar-refractivity contribution in [3.8, 4) is 0 Å². The second-order valence-corrected chi connectivity index (χ2v) is 6.13. The number of H-pyrrole nitrogens is 1. The molecule has 0 aliphatic rings. The lowest BCUT2D eigenvalue weighted by atomic mass is 10.3. The summed E-state index contributed by atoms with van der Waals surface area (Å²) in [6.07, 6.45) is 0.341. The molecule has 2 rings (SSSR count). The Labute approximate surface area is 103 Å². The van der Waals surface area contributed by atoms with Crippen LogP contribution in [0.15, 0.2) is 29.4 Å². The van der Waals surface area contributed by atoms with Crippen LogP contribution >= 0.6 is 11.8 Å². The molecule has 0 saturated heterocycles. The van der Waals surface area contributed by atoms with E-state index in [1.807, 2.05) is 24.3 Å². The zero-order valence-electron chi connectivity index (χ0n) is 8.92. The Bertz CT molecular complexity index is 574. The molecule has 2 aromatic rings. The Morgan fingerprint density at radius 2 is 2.12 bits per heavy atom. The summed E-state index contributed by atoms with van der Waals surface area (Å²) in [5, 5.41) is 0.745. The average Bonchev–Trinajstić information content (AvgIpc) is 2.65. The summed E-state index contributed by atoms with van der Waals surface area (Å²) in [6, 6.07) is 7.65. The van der Waals surface area contributed by atoms with E-state index >= 15 is 0 Å². The number of para-hydroxylation sites is 2. The molecule has 0 bridgehead atoms. The quantitative estimate of drug-likeness (QED) is 0.507. The van der Waals surface area contributed by atoms with Crippen molar-refractivity contribution in [2.75, 3.05) is 11.5 Å². The molecule has 1 aromatic heterocycles. The van der Waals surface area contributed by atoms with Crippen LogP contribution in [-0.4, -0.2) is 34.4 Å². The Morgan fingerprint density at radius 1 is 1.35 bits per heavy atom. The minimum Gasteiger partial charge on any atom is -0.748 e. The first kappa shape index (κ1) is 12.4. The normalized spacial score (nSPS) is 12.1. The minimum absolute atomic E-state index is 0.319. The van der Waals surface area contributed by atoms with Crippen molar-refractivity contribution >= 4 is 32.9 Å². The van der Waals surface area contributed by atoms with Crippen molar-refractivity contribution in [1.29, 1.82) is 0 Å². The maximum atomic E-state index is 10.4. The molecule has 92 valence electrons. The van der Waals surface area contributed by atoms with Gasteiger partial charge >= 0.3 is 0 Å². The van der Waals surface area contributed by atoms with Crippen LogP contribution in [0.25, 0.3) is 11.0 Å². The van der Waals surface area contributed by atoms with Crippen LogP contribution in [0.3, 0.4) is 0 Å². The molecule has 0 radical (unpaired) electrons. The lowest BCUT2D eigenvalue weighted by Gasteiger charge is -2.04. The van der Waals surface area contributed by atoms with E-state index in [4.69, 9.17) is 0 Å². The van der Waals surface area contributed by atoms with Gasteiger partial charge in [-0.05, 0) is 18.6 Å². The first-order valence-corrected chi connectivity index (χ1v) is 7.62. The van der Waals surface area contributed by atoms with Gasteiger partial charge in [-0.1, -0.05) is 23.9 Å². The number of rotatable bonds is 5. The average molecular weight is 271 g/mol. The van der Waals surface area contributed by atoms with Gasteiger partial charge < -0.3 is 9.54 Å². The van der Waals surface area contributed by atoms with Gasteiger partial charge in [-0.3, -0.25) is 0 Å². The third kappa shape index (κ3) is 3.72. The van der Waals surface area contributed by atoms with E-state index in [0.29, 0.717) is 12.2 Å². The van der Waals surface area contributed by atoms with Crippen LogP contribution in [0.1, 0.15) is 6.42 Å². The number of benzene rings is 1. The number of hydrogen-bond donors (Lipinski definition) is 1. The standard InChI is InChI=1S/C10H12N2O3S2/c13-17(14,15)7-3-6-16-10-11-8-4-1-2-5-9(8)12-10/h1-2,4-5H,3,6-7H2,(H,11,12)(H,13,14,15)/p-1. The molecule has 0 saturated carbocycles. The number of fused-ring (bicyclic) bond motifs is 1. The van der Waals surface area contributed by atoms with Gasteiger partial charge in [-0.2, -0.15) is 0 Å². The second kappa shape index (κ2) is 5.07. The van der Waals surface area contributed by atoms with Gasteiger partial charge in [0.1, 0.15) is 0 Å². The highest BCUT2D eigenvalue weighted by atomic mass is 32.2. The third-order valence-electron chi connectivity index (χ3n) is 2.15. The summed E-state index contributed by atoms with van der Waals surface area (Å²) in [4.78, 5) is 7.44. The van der Waals surface area contributed by atoms with E-state index in [2.05, 4.69) is 9.97 Å². The number of thioether (sulfide) groups is 1. The van der Waals surface area contributed by atoms with E-state index in [0.717, 1.165) is 16.2 Å². The van der Waals surface area contributed by atoms with Crippen LogP contribution in [0.5, 0.6) is 0 Å². The molecule has 0 fully saturated rings. The molecule has 1 aromatic carbocycles. The molecule has 1 heterocycles. The summed E-state index contributed by atoms with van der Waals surface area (Å²) >= 11 is 1.42. The summed E-state index contributed by atoms with van der Waals surface area (Å²) in [5.74, 6) is 0.238. The van der Waals surface area contributed by atoms with Crippen LogP contribution < -0.4 is 0 Å². The lowest BCUT2D eigenvalue weighted by Crippen LogP contribution is -2.04. The molecule has 0 spiro atoms. The number of aromatic amines is 1. The van der Waals surface area contributed by atoms with E-state index in [1.165, 1.54) is 11.8 Å². The molecule has 17 heavy (non-hydrogen) atoms. The SMILES string of the molecule is O=S(=O)([O-])CCCSc1nc2ccccc2[nH]1. The Hall–Kier alpha value is -1.05. The number of hydrogen-bond acceptors (Lipinski definition) is 5. The monoisotopic (exact) mass is 271 g/mol. The second-order valence-electron chi connectivity index (χ2n) is 3.52. The fraction of sp³-hybridized carbons (Fsp3) is 0.300. The maximum absolute atomic E-state index is 10.4. The fourth-order valence-corrected chi connectivity index (χ4v) is 2.91. The van der Waals surface area contributed by atoms with E-state index in [-0.39, 0.29) is 5.75 Å². The number of nitrogens with one attached hydrogen (secondary N) is 1. The highest BCUT2D eigenvalue weighted by molar-refractivity contribution is 7.99. The van der Waals surface area contributed by atoms with E-state index in [1.54, 1.807) is 0 Å². The summed E-state index contributed by atoms with van der Waals surface area (Å²) < 4.78 is 31.2. The number of nitrogens with zero attached hydrogens (tertiary/aromatic N) is 1. The largest absolute Gasteiger partial charge is 0.748 e. The van der Waals surface area contributed by atoms with Crippen molar-refractivity contribution in [3.63, 3.8) is 0 Å². The van der Waals surface area contributed by atoms with Crippen LogP contribution in [0, 0.1) is 0 Å². The minimum atomic E-state index is -4.10. The molecule has 5 nitrogen and oxygen atoms in total. The van der Waals surface area contributed by atoms with Gasteiger partial charge in [0, 0.05) is 11.5 Å². The predicted octanol–water partition coefficient (Wildman–Crippen LogP) is 1.59. The zero-order chi connectivity index (χ0) is 12.3. The molecule has 0 aliphatic heterocycles. The van der Waals surface area contributed by atoms with Crippen LogP contribution in [0.4, 0.5) is 0 Å². The third-order valence-corrected chi connectivity index (χ3v) is 3.89. The first-order chi connectivity index (χ1) is 8.04. The highest BCUT2D eigenvalue weighted by Crippen LogP contribution is 2.19. The Balaban J connectivity index is 1.91. The van der Waals surface area contributed by atoms with Gasteiger partial charge in [-0.25, -0.2) is 13.4 Å². The molecule has 1 N–H and O–H groups in total. The molecule has 0 unspecified atom stereocenters. The van der Waals surface area contributed by atoms with E-state index in [9.17, 15) is 13.0 Å². The van der Waals surface area contributed by atoms with Crippen LogP contribution in [0.2, 0.25) is 0 Å². The summed E-state index contributed by atoms with van der Waals surface area (Å²) in [6.45, 7) is 0.